The SMILES string of the molecule is CNCc1nccn1Cc1ccc(C#N)cc1F. The van der Waals surface area contributed by atoms with E-state index in [4.69, 9.17) is 5.26 Å². The first kappa shape index (κ1) is 12.3. The lowest BCUT2D eigenvalue weighted by Gasteiger charge is -2.08. The summed E-state index contributed by atoms with van der Waals surface area (Å²) in [6, 6.07) is 6.42. The Morgan fingerprint density at radius 1 is 1.50 bits per heavy atom. The van der Waals surface area contributed by atoms with E-state index in [0.717, 1.165) is 5.82 Å². The summed E-state index contributed by atoms with van der Waals surface area (Å²) >= 11 is 0. The van der Waals surface area contributed by atoms with Crippen molar-refractivity contribution in [1.82, 2.24) is 14.9 Å². The minimum atomic E-state index is -0.363. The predicted octanol–water partition coefficient (Wildman–Crippen LogP) is 1.66. The van der Waals surface area contributed by atoms with Crippen molar-refractivity contribution >= 4 is 0 Å². The molecule has 2 aromatic rings. The number of nitrogens with zero attached hydrogens (tertiary/aromatic N) is 3. The van der Waals surface area contributed by atoms with Crippen LogP contribution in [0.4, 0.5) is 4.39 Å². The zero-order valence-corrected chi connectivity index (χ0v) is 10.0. The second-order valence-corrected chi connectivity index (χ2v) is 3.92. The van der Waals surface area contributed by atoms with Crippen molar-refractivity contribution in [3.8, 4) is 6.07 Å². The minimum Gasteiger partial charge on any atom is -0.329 e. The molecule has 1 aromatic carbocycles. The van der Waals surface area contributed by atoms with Crippen LogP contribution in [-0.2, 0) is 13.1 Å². The van der Waals surface area contributed by atoms with Crippen LogP contribution in [-0.4, -0.2) is 16.6 Å². The third-order valence-corrected chi connectivity index (χ3v) is 2.66. The normalized spacial score (nSPS) is 10.3. The van der Waals surface area contributed by atoms with E-state index in [1.807, 2.05) is 23.9 Å². The van der Waals surface area contributed by atoms with Gasteiger partial charge in [0.25, 0.3) is 0 Å². The topological polar surface area (TPSA) is 53.6 Å². The van der Waals surface area contributed by atoms with Crippen LogP contribution in [0, 0.1) is 17.1 Å². The molecule has 5 heteroatoms. The molecule has 0 saturated carbocycles. The van der Waals surface area contributed by atoms with E-state index < -0.39 is 0 Å². The molecule has 0 aliphatic rings. The lowest BCUT2D eigenvalue weighted by atomic mass is 10.1. The fourth-order valence-electron chi connectivity index (χ4n) is 1.74. The van der Waals surface area contributed by atoms with E-state index in [2.05, 4.69) is 10.3 Å². The Bertz CT molecular complexity index is 583. The summed E-state index contributed by atoms with van der Waals surface area (Å²) in [6.07, 6.45) is 3.50. The summed E-state index contributed by atoms with van der Waals surface area (Å²) in [4.78, 5) is 4.19. The number of aromatic nitrogens is 2. The Balaban J connectivity index is 2.23. The summed E-state index contributed by atoms with van der Waals surface area (Å²) in [6.45, 7) is 1.04. The van der Waals surface area contributed by atoms with Crippen LogP contribution in [0.1, 0.15) is 17.0 Å². The molecule has 0 saturated heterocycles. The van der Waals surface area contributed by atoms with Crippen molar-refractivity contribution < 1.29 is 4.39 Å². The Hall–Kier alpha value is -2.19. The predicted molar refractivity (Wildman–Crippen MR) is 65.2 cm³/mol. The van der Waals surface area contributed by atoms with Crippen molar-refractivity contribution in [3.05, 3.63) is 53.4 Å². The van der Waals surface area contributed by atoms with Gasteiger partial charge in [-0.2, -0.15) is 5.26 Å². The van der Waals surface area contributed by atoms with E-state index in [0.29, 0.717) is 24.2 Å². The summed E-state index contributed by atoms with van der Waals surface area (Å²) in [7, 11) is 1.83. The standard InChI is InChI=1S/C13H13FN4/c1-16-8-13-17-4-5-18(13)9-11-3-2-10(7-15)6-12(11)14/h2-6,16H,8-9H2,1H3. The first-order valence-corrected chi connectivity index (χ1v) is 5.57. The zero-order valence-electron chi connectivity index (χ0n) is 10.0. The number of benzene rings is 1. The third kappa shape index (κ3) is 2.55. The highest BCUT2D eigenvalue weighted by atomic mass is 19.1. The fraction of sp³-hybridized carbons (Fsp3) is 0.231. The smallest absolute Gasteiger partial charge is 0.129 e. The highest BCUT2D eigenvalue weighted by Gasteiger charge is 2.07. The largest absolute Gasteiger partial charge is 0.329 e. The number of imidazole rings is 1. The lowest BCUT2D eigenvalue weighted by molar-refractivity contribution is 0.590. The van der Waals surface area contributed by atoms with E-state index in [-0.39, 0.29) is 5.82 Å². The van der Waals surface area contributed by atoms with Crippen molar-refractivity contribution in [2.75, 3.05) is 7.05 Å². The molecule has 92 valence electrons. The molecule has 18 heavy (non-hydrogen) atoms. The Morgan fingerprint density at radius 3 is 3.00 bits per heavy atom. The molecule has 4 nitrogen and oxygen atoms in total. The number of rotatable bonds is 4. The second kappa shape index (κ2) is 5.43. The van der Waals surface area contributed by atoms with Crippen LogP contribution in [0.3, 0.4) is 0 Å². The summed E-state index contributed by atoms with van der Waals surface area (Å²) in [5.41, 5.74) is 0.877. The van der Waals surface area contributed by atoms with E-state index in [1.54, 1.807) is 18.3 Å². The van der Waals surface area contributed by atoms with Gasteiger partial charge in [-0.1, -0.05) is 6.07 Å². The molecule has 0 amide bonds. The lowest BCUT2D eigenvalue weighted by Crippen LogP contribution is -2.13. The Morgan fingerprint density at radius 2 is 2.33 bits per heavy atom. The van der Waals surface area contributed by atoms with E-state index >= 15 is 0 Å². The number of nitrogens with one attached hydrogen (secondary N) is 1. The van der Waals surface area contributed by atoms with Gasteiger partial charge in [0, 0.05) is 18.0 Å². The molecule has 0 bridgehead atoms. The van der Waals surface area contributed by atoms with Crippen molar-refractivity contribution in [2.24, 2.45) is 0 Å². The van der Waals surface area contributed by atoms with Crippen molar-refractivity contribution in [2.45, 2.75) is 13.1 Å². The van der Waals surface area contributed by atoms with Gasteiger partial charge >= 0.3 is 0 Å². The number of hydrogen-bond acceptors (Lipinski definition) is 3. The molecule has 1 aromatic heterocycles. The van der Waals surface area contributed by atoms with E-state index in [1.165, 1.54) is 6.07 Å². The molecule has 0 fully saturated rings. The van der Waals surface area contributed by atoms with Gasteiger partial charge in [-0.25, -0.2) is 9.37 Å². The maximum atomic E-state index is 13.7. The molecule has 1 heterocycles. The molecule has 0 unspecified atom stereocenters. The van der Waals surface area contributed by atoms with Crippen LogP contribution >= 0.6 is 0 Å². The third-order valence-electron chi connectivity index (χ3n) is 2.66. The summed E-state index contributed by atoms with van der Waals surface area (Å²) in [5, 5.41) is 11.7. The molecular weight excluding hydrogens is 231 g/mol. The van der Waals surface area contributed by atoms with Crippen molar-refractivity contribution in [3.63, 3.8) is 0 Å². The average molecular weight is 244 g/mol. The van der Waals surface area contributed by atoms with Crippen molar-refractivity contribution in [1.29, 1.82) is 5.26 Å². The zero-order chi connectivity index (χ0) is 13.0. The summed E-state index contributed by atoms with van der Waals surface area (Å²) in [5.74, 6) is 0.486. The Kier molecular flexibility index (Phi) is 3.70. The molecule has 1 N–H and O–H groups in total. The van der Waals surface area contributed by atoms with Gasteiger partial charge in [0.1, 0.15) is 11.6 Å². The van der Waals surface area contributed by atoms with Crippen LogP contribution in [0.2, 0.25) is 0 Å². The number of hydrogen-bond donors (Lipinski definition) is 1. The fourth-order valence-corrected chi connectivity index (χ4v) is 1.74. The Labute approximate surface area is 105 Å². The summed E-state index contributed by atoms with van der Waals surface area (Å²) < 4.78 is 15.6. The van der Waals surface area contributed by atoms with E-state index in [9.17, 15) is 4.39 Å². The first-order valence-electron chi connectivity index (χ1n) is 5.57. The van der Waals surface area contributed by atoms with Gasteiger partial charge in [-0.05, 0) is 19.2 Å². The number of nitriles is 1. The molecule has 0 radical (unpaired) electrons. The quantitative estimate of drug-likeness (QED) is 0.890. The number of halogens is 1. The van der Waals surface area contributed by atoms with Gasteiger partial charge < -0.3 is 9.88 Å². The molecular formula is C13H13FN4. The second-order valence-electron chi connectivity index (χ2n) is 3.92. The molecule has 0 atom stereocenters. The first-order chi connectivity index (χ1) is 8.74. The molecule has 0 spiro atoms. The van der Waals surface area contributed by atoms with Crippen LogP contribution < -0.4 is 5.32 Å². The maximum Gasteiger partial charge on any atom is 0.129 e. The minimum absolute atomic E-state index is 0.331. The highest BCUT2D eigenvalue weighted by molar-refractivity contribution is 5.33. The van der Waals surface area contributed by atoms with Gasteiger partial charge in [0.15, 0.2) is 0 Å². The monoisotopic (exact) mass is 244 g/mol. The molecule has 0 aliphatic heterocycles. The van der Waals surface area contributed by atoms with Crippen LogP contribution in [0.25, 0.3) is 0 Å². The highest BCUT2D eigenvalue weighted by Crippen LogP contribution is 2.12. The van der Waals surface area contributed by atoms with Gasteiger partial charge in [0.05, 0.1) is 24.7 Å². The maximum absolute atomic E-state index is 13.7. The van der Waals surface area contributed by atoms with Crippen LogP contribution in [0.5, 0.6) is 0 Å². The van der Waals surface area contributed by atoms with Gasteiger partial charge in [-0.3, -0.25) is 0 Å². The van der Waals surface area contributed by atoms with Gasteiger partial charge in [-0.15, -0.1) is 0 Å². The molecule has 0 aliphatic carbocycles. The molecule has 2 rings (SSSR count). The average Bonchev–Trinajstić information content (AvgIpc) is 2.80. The van der Waals surface area contributed by atoms with Crippen LogP contribution in [0.15, 0.2) is 30.6 Å². The van der Waals surface area contributed by atoms with Gasteiger partial charge in [0.2, 0.25) is 0 Å².